The van der Waals surface area contributed by atoms with Gasteiger partial charge in [-0.15, -0.1) is 11.3 Å². The van der Waals surface area contributed by atoms with Crippen LogP contribution in [0.5, 0.6) is 0 Å². The zero-order valence-corrected chi connectivity index (χ0v) is 14.1. The Morgan fingerprint density at radius 3 is 2.96 bits per heavy atom. The molecule has 0 spiro atoms. The summed E-state index contributed by atoms with van der Waals surface area (Å²) in [6, 6.07) is 7.65. The lowest BCUT2D eigenvalue weighted by atomic mass is 10.2. The predicted octanol–water partition coefficient (Wildman–Crippen LogP) is 2.41. The number of rotatable bonds is 5. The lowest BCUT2D eigenvalue weighted by Gasteiger charge is -2.15. The van der Waals surface area contributed by atoms with Gasteiger partial charge in [0.05, 0.1) is 10.6 Å². The van der Waals surface area contributed by atoms with E-state index in [9.17, 15) is 9.59 Å². The average molecular weight is 341 g/mol. The highest BCUT2D eigenvalue weighted by Gasteiger charge is 2.37. The summed E-state index contributed by atoms with van der Waals surface area (Å²) in [5.41, 5.74) is 1.92. The minimum absolute atomic E-state index is 0.0656. The number of anilines is 1. The number of nitrogens with one attached hydrogen (secondary N) is 1. The third-order valence-electron chi connectivity index (χ3n) is 4.45. The molecule has 2 aromatic heterocycles. The monoisotopic (exact) mass is 341 g/mol. The summed E-state index contributed by atoms with van der Waals surface area (Å²) in [4.78, 5) is 32.6. The van der Waals surface area contributed by atoms with Crippen LogP contribution in [0.4, 0.5) is 5.69 Å². The van der Waals surface area contributed by atoms with Crippen molar-refractivity contribution in [2.75, 3.05) is 18.0 Å². The number of carbonyl (C=O) groups is 2. The molecule has 6 heteroatoms. The van der Waals surface area contributed by atoms with Crippen molar-refractivity contribution in [2.45, 2.75) is 25.7 Å². The second kappa shape index (κ2) is 6.36. The zero-order chi connectivity index (χ0) is 16.5. The number of pyridine rings is 1. The van der Waals surface area contributed by atoms with E-state index < -0.39 is 0 Å². The van der Waals surface area contributed by atoms with E-state index >= 15 is 0 Å². The molecule has 1 saturated carbocycles. The number of hydrogen-bond donors (Lipinski definition) is 1. The molecule has 0 bridgehead atoms. The van der Waals surface area contributed by atoms with Gasteiger partial charge in [-0.1, -0.05) is 6.07 Å². The fourth-order valence-electron chi connectivity index (χ4n) is 2.99. The van der Waals surface area contributed by atoms with Gasteiger partial charge in [0.2, 0.25) is 5.91 Å². The van der Waals surface area contributed by atoms with Gasteiger partial charge in [0.1, 0.15) is 0 Å². The van der Waals surface area contributed by atoms with E-state index in [1.54, 1.807) is 6.20 Å². The van der Waals surface area contributed by atoms with E-state index in [1.165, 1.54) is 11.3 Å². The van der Waals surface area contributed by atoms with Crippen molar-refractivity contribution in [2.24, 2.45) is 5.92 Å². The fourth-order valence-corrected chi connectivity index (χ4v) is 4.06. The van der Waals surface area contributed by atoms with Crippen LogP contribution >= 0.6 is 11.3 Å². The largest absolute Gasteiger partial charge is 0.351 e. The molecule has 0 unspecified atom stereocenters. The average Bonchev–Trinajstić information content (AvgIpc) is 3.24. The Hall–Kier alpha value is -2.21. The van der Waals surface area contributed by atoms with Gasteiger partial charge in [-0.2, -0.15) is 0 Å². The van der Waals surface area contributed by atoms with Crippen molar-refractivity contribution in [3.05, 3.63) is 45.9 Å². The maximum atomic E-state index is 12.3. The first-order valence-electron chi connectivity index (χ1n) is 8.34. The molecule has 2 aliphatic rings. The molecule has 2 amide bonds. The standard InChI is InChI=1S/C18H19N3O2S/c22-17(20-9-6-13-3-1-2-8-19-13)16-11-14-15(24-16)7-10-21(14)18(23)12-4-5-12/h1-3,8,11-12H,4-7,9-10H2,(H,20,22). The molecule has 124 valence electrons. The second-order valence-electron chi connectivity index (χ2n) is 6.26. The van der Waals surface area contributed by atoms with Crippen LogP contribution in [0.25, 0.3) is 0 Å². The van der Waals surface area contributed by atoms with E-state index in [0.29, 0.717) is 17.8 Å². The molecule has 1 N–H and O–H groups in total. The topological polar surface area (TPSA) is 62.3 Å². The fraction of sp³-hybridized carbons (Fsp3) is 0.389. The van der Waals surface area contributed by atoms with Gasteiger partial charge in [-0.3, -0.25) is 14.6 Å². The van der Waals surface area contributed by atoms with Crippen LogP contribution in [-0.2, 0) is 17.6 Å². The first-order valence-corrected chi connectivity index (χ1v) is 9.16. The molecular formula is C18H19N3O2S. The van der Waals surface area contributed by atoms with Crippen LogP contribution < -0.4 is 10.2 Å². The summed E-state index contributed by atoms with van der Waals surface area (Å²) < 4.78 is 0. The molecule has 5 nitrogen and oxygen atoms in total. The highest BCUT2D eigenvalue weighted by atomic mass is 32.1. The van der Waals surface area contributed by atoms with E-state index in [4.69, 9.17) is 0 Å². The summed E-state index contributed by atoms with van der Waals surface area (Å²) >= 11 is 1.51. The molecule has 1 fully saturated rings. The lowest BCUT2D eigenvalue weighted by Crippen LogP contribution is -2.30. The summed E-state index contributed by atoms with van der Waals surface area (Å²) in [5.74, 6) is 0.379. The lowest BCUT2D eigenvalue weighted by molar-refractivity contribution is -0.119. The quantitative estimate of drug-likeness (QED) is 0.908. The van der Waals surface area contributed by atoms with Gasteiger partial charge in [-0.05, 0) is 31.0 Å². The van der Waals surface area contributed by atoms with Crippen molar-refractivity contribution in [3.63, 3.8) is 0 Å². The normalized spacial score (nSPS) is 16.1. The maximum Gasteiger partial charge on any atom is 0.261 e. The Labute approximate surface area is 144 Å². The van der Waals surface area contributed by atoms with Crippen molar-refractivity contribution >= 4 is 28.8 Å². The third kappa shape index (κ3) is 3.06. The second-order valence-corrected chi connectivity index (χ2v) is 7.40. The van der Waals surface area contributed by atoms with E-state index in [-0.39, 0.29) is 17.7 Å². The third-order valence-corrected chi connectivity index (χ3v) is 5.63. The predicted molar refractivity (Wildman–Crippen MR) is 93.4 cm³/mol. The molecule has 0 radical (unpaired) electrons. The van der Waals surface area contributed by atoms with Crippen LogP contribution in [0, 0.1) is 5.92 Å². The molecule has 4 rings (SSSR count). The highest BCUT2D eigenvalue weighted by Crippen LogP contribution is 2.40. The summed E-state index contributed by atoms with van der Waals surface area (Å²) in [7, 11) is 0. The molecule has 24 heavy (non-hydrogen) atoms. The summed E-state index contributed by atoms with van der Waals surface area (Å²) in [5, 5.41) is 2.94. The minimum atomic E-state index is -0.0656. The highest BCUT2D eigenvalue weighted by molar-refractivity contribution is 7.14. The molecule has 1 aliphatic heterocycles. The Kier molecular flexibility index (Phi) is 4.06. The van der Waals surface area contributed by atoms with E-state index in [1.807, 2.05) is 29.2 Å². The molecule has 2 aromatic rings. The molecule has 0 saturated heterocycles. The molecule has 0 aromatic carbocycles. The van der Waals surface area contributed by atoms with E-state index in [0.717, 1.165) is 42.1 Å². The number of hydrogen-bond acceptors (Lipinski definition) is 4. The SMILES string of the molecule is O=C(NCCc1ccccn1)c1cc2c(s1)CCN2C(=O)C1CC1. The smallest absolute Gasteiger partial charge is 0.261 e. The number of fused-ring (bicyclic) bond motifs is 1. The van der Waals surface area contributed by atoms with Crippen LogP contribution in [0.2, 0.25) is 0 Å². The first-order chi connectivity index (χ1) is 11.7. The number of amides is 2. The van der Waals surface area contributed by atoms with Crippen molar-refractivity contribution in [1.29, 1.82) is 0 Å². The van der Waals surface area contributed by atoms with Crippen molar-refractivity contribution in [1.82, 2.24) is 10.3 Å². The molecular weight excluding hydrogens is 322 g/mol. The number of carbonyl (C=O) groups excluding carboxylic acids is 2. The Morgan fingerprint density at radius 2 is 2.21 bits per heavy atom. The van der Waals surface area contributed by atoms with Crippen molar-refractivity contribution in [3.8, 4) is 0 Å². The van der Waals surface area contributed by atoms with Gasteiger partial charge < -0.3 is 10.2 Å². The molecule has 0 atom stereocenters. The first kappa shape index (κ1) is 15.3. The van der Waals surface area contributed by atoms with Gasteiger partial charge in [-0.25, -0.2) is 0 Å². The van der Waals surface area contributed by atoms with Gasteiger partial charge in [0.15, 0.2) is 0 Å². The van der Waals surface area contributed by atoms with Gasteiger partial charge >= 0.3 is 0 Å². The Morgan fingerprint density at radius 1 is 1.33 bits per heavy atom. The molecule has 3 heterocycles. The van der Waals surface area contributed by atoms with Gasteiger partial charge in [0.25, 0.3) is 5.91 Å². The van der Waals surface area contributed by atoms with Crippen LogP contribution in [0.3, 0.4) is 0 Å². The van der Waals surface area contributed by atoms with E-state index in [2.05, 4.69) is 10.3 Å². The number of thiophene rings is 1. The number of aromatic nitrogens is 1. The van der Waals surface area contributed by atoms with Crippen LogP contribution in [0.1, 0.15) is 33.1 Å². The van der Waals surface area contributed by atoms with Crippen LogP contribution in [-0.4, -0.2) is 29.9 Å². The summed E-state index contributed by atoms with van der Waals surface area (Å²) in [6.45, 7) is 1.32. The van der Waals surface area contributed by atoms with Crippen molar-refractivity contribution < 1.29 is 9.59 Å². The minimum Gasteiger partial charge on any atom is -0.351 e. The molecule has 1 aliphatic carbocycles. The Bertz CT molecular complexity index is 768. The number of nitrogens with zero attached hydrogens (tertiary/aromatic N) is 2. The Balaban J connectivity index is 1.37. The van der Waals surface area contributed by atoms with Crippen LogP contribution in [0.15, 0.2) is 30.5 Å². The summed E-state index contributed by atoms with van der Waals surface area (Å²) in [6.07, 6.45) is 5.35. The maximum absolute atomic E-state index is 12.3. The van der Waals surface area contributed by atoms with Gasteiger partial charge in [0, 0.05) is 48.6 Å². The zero-order valence-electron chi connectivity index (χ0n) is 13.3.